The van der Waals surface area contributed by atoms with Crippen LogP contribution in [0.25, 0.3) is 11.0 Å². The topological polar surface area (TPSA) is 67.7 Å². The minimum atomic E-state index is 0.634. The molecule has 0 aliphatic carbocycles. The monoisotopic (exact) mass is 234 g/mol. The second-order valence-electron chi connectivity index (χ2n) is 3.90. The molecule has 2 rings (SSSR count). The molecule has 0 atom stereocenters. The van der Waals surface area contributed by atoms with Gasteiger partial charge in [0.25, 0.3) is 0 Å². The highest BCUT2D eigenvalue weighted by Crippen LogP contribution is 2.10. The van der Waals surface area contributed by atoms with E-state index in [9.17, 15) is 0 Å². The second-order valence-corrected chi connectivity index (χ2v) is 3.90. The molecule has 2 aromatic rings. The number of likely N-dealkylation sites (N-methyl/N-ethyl adjacent to an activating group) is 1. The van der Waals surface area contributed by atoms with Crippen LogP contribution in [0.3, 0.4) is 0 Å². The maximum absolute atomic E-state index is 4.40. The molecule has 92 valence electrons. The average Bonchev–Trinajstić information content (AvgIpc) is 2.71. The first-order chi connectivity index (χ1) is 8.33. The van der Waals surface area contributed by atoms with E-state index in [-0.39, 0.29) is 0 Å². The van der Waals surface area contributed by atoms with Gasteiger partial charge < -0.3 is 10.6 Å². The smallest absolute Gasteiger partial charge is 0.224 e. The minimum absolute atomic E-state index is 0.634. The zero-order valence-corrected chi connectivity index (χ0v) is 10.3. The average molecular weight is 234 g/mol. The van der Waals surface area contributed by atoms with Crippen LogP contribution in [0.4, 0.5) is 5.95 Å². The molecule has 2 heterocycles. The lowest BCUT2D eigenvalue weighted by molar-refractivity contribution is 0.607. The molecule has 2 aromatic heterocycles. The summed E-state index contributed by atoms with van der Waals surface area (Å²) in [4.78, 5) is 8.62. The quantitative estimate of drug-likeness (QED) is 0.726. The Hall–Kier alpha value is -1.69. The first-order valence-electron chi connectivity index (χ1n) is 5.92. The van der Waals surface area contributed by atoms with Gasteiger partial charge in [0.2, 0.25) is 5.95 Å². The van der Waals surface area contributed by atoms with Crippen LogP contribution in [-0.4, -0.2) is 39.9 Å². The summed E-state index contributed by atoms with van der Waals surface area (Å²) in [5.74, 6) is 0.634. The molecule has 0 fully saturated rings. The largest absolute Gasteiger partial charge is 0.353 e. The highest BCUT2D eigenvalue weighted by molar-refractivity contribution is 5.73. The van der Waals surface area contributed by atoms with Crippen molar-refractivity contribution in [3.8, 4) is 0 Å². The van der Waals surface area contributed by atoms with Crippen LogP contribution in [0.15, 0.2) is 12.4 Å². The Kier molecular flexibility index (Phi) is 3.87. The Morgan fingerprint density at radius 1 is 1.35 bits per heavy atom. The molecule has 2 N–H and O–H groups in total. The number of hydrogen-bond acceptors (Lipinski definition) is 5. The van der Waals surface area contributed by atoms with E-state index in [4.69, 9.17) is 0 Å². The fraction of sp³-hybridized carbons (Fsp3) is 0.545. The molecule has 0 aliphatic heterocycles. The number of nitrogens with one attached hydrogen (secondary N) is 2. The van der Waals surface area contributed by atoms with E-state index in [1.54, 1.807) is 0 Å². The van der Waals surface area contributed by atoms with Gasteiger partial charge in [-0.15, -0.1) is 0 Å². The molecule has 6 heteroatoms. The second kappa shape index (κ2) is 5.58. The highest BCUT2D eigenvalue weighted by Gasteiger charge is 2.03. The van der Waals surface area contributed by atoms with Crippen molar-refractivity contribution in [3.63, 3.8) is 0 Å². The third-order valence-corrected chi connectivity index (χ3v) is 2.42. The van der Waals surface area contributed by atoms with Crippen molar-refractivity contribution in [1.82, 2.24) is 25.1 Å². The van der Waals surface area contributed by atoms with Gasteiger partial charge in [-0.25, -0.2) is 4.98 Å². The van der Waals surface area contributed by atoms with Crippen molar-refractivity contribution >= 4 is 17.0 Å². The Morgan fingerprint density at radius 3 is 3.00 bits per heavy atom. The lowest BCUT2D eigenvalue weighted by Crippen LogP contribution is -2.18. The standard InChI is InChI=1S/C11H18N6/c1-3-6-17-8-9-7-14-11(13-5-4-12-2)15-10(9)16-17/h7-8,12H,3-6H2,1-2H3,(H,13,15,16). The number of rotatable bonds is 6. The Balaban J connectivity index is 2.12. The summed E-state index contributed by atoms with van der Waals surface area (Å²) in [5, 5.41) is 11.6. The molecule has 0 radical (unpaired) electrons. The summed E-state index contributed by atoms with van der Waals surface area (Å²) in [7, 11) is 1.91. The van der Waals surface area contributed by atoms with E-state index in [0.717, 1.165) is 37.1 Å². The Morgan fingerprint density at radius 2 is 2.24 bits per heavy atom. The van der Waals surface area contributed by atoms with Gasteiger partial charge in [-0.1, -0.05) is 6.92 Å². The van der Waals surface area contributed by atoms with Crippen LogP contribution in [0.5, 0.6) is 0 Å². The summed E-state index contributed by atoms with van der Waals surface area (Å²) < 4.78 is 1.91. The fourth-order valence-corrected chi connectivity index (χ4v) is 1.59. The molecule has 0 amide bonds. The van der Waals surface area contributed by atoms with Crippen molar-refractivity contribution in [3.05, 3.63) is 12.4 Å². The van der Waals surface area contributed by atoms with E-state index in [2.05, 4.69) is 32.6 Å². The summed E-state index contributed by atoms with van der Waals surface area (Å²) in [6.45, 7) is 4.73. The van der Waals surface area contributed by atoms with Crippen molar-refractivity contribution in [2.24, 2.45) is 0 Å². The Labute approximate surface area is 100 Å². The fourth-order valence-electron chi connectivity index (χ4n) is 1.59. The van der Waals surface area contributed by atoms with E-state index in [0.29, 0.717) is 5.95 Å². The van der Waals surface area contributed by atoms with Gasteiger partial charge in [0, 0.05) is 32.0 Å². The van der Waals surface area contributed by atoms with Crippen LogP contribution >= 0.6 is 0 Å². The number of nitrogens with zero attached hydrogens (tertiary/aromatic N) is 4. The van der Waals surface area contributed by atoms with Crippen LogP contribution in [-0.2, 0) is 6.54 Å². The predicted octanol–water partition coefficient (Wildman–Crippen LogP) is 0.868. The number of hydrogen-bond donors (Lipinski definition) is 2. The van der Waals surface area contributed by atoms with Gasteiger partial charge in [-0.05, 0) is 13.5 Å². The van der Waals surface area contributed by atoms with Gasteiger partial charge in [-0.2, -0.15) is 10.1 Å². The lowest BCUT2D eigenvalue weighted by atomic mass is 10.4. The van der Waals surface area contributed by atoms with Gasteiger partial charge in [0.05, 0.1) is 5.39 Å². The third-order valence-electron chi connectivity index (χ3n) is 2.42. The number of aryl methyl sites for hydroxylation is 1. The van der Waals surface area contributed by atoms with E-state index < -0.39 is 0 Å². The van der Waals surface area contributed by atoms with Gasteiger partial charge >= 0.3 is 0 Å². The molecular weight excluding hydrogens is 216 g/mol. The van der Waals surface area contributed by atoms with Crippen LogP contribution < -0.4 is 10.6 Å². The molecule has 6 nitrogen and oxygen atoms in total. The molecule has 0 saturated heterocycles. The minimum Gasteiger partial charge on any atom is -0.353 e. The van der Waals surface area contributed by atoms with E-state index in [1.807, 2.05) is 24.1 Å². The molecule has 0 aliphatic rings. The number of anilines is 1. The first-order valence-corrected chi connectivity index (χ1v) is 5.92. The van der Waals surface area contributed by atoms with Crippen molar-refractivity contribution in [1.29, 1.82) is 0 Å². The zero-order valence-electron chi connectivity index (χ0n) is 10.3. The van der Waals surface area contributed by atoms with Crippen molar-refractivity contribution < 1.29 is 0 Å². The summed E-state index contributed by atoms with van der Waals surface area (Å²) in [6.07, 6.45) is 4.86. The van der Waals surface area contributed by atoms with Crippen molar-refractivity contribution in [2.75, 3.05) is 25.5 Å². The van der Waals surface area contributed by atoms with Gasteiger partial charge in [0.1, 0.15) is 0 Å². The summed E-state index contributed by atoms with van der Waals surface area (Å²) >= 11 is 0. The van der Waals surface area contributed by atoms with Gasteiger partial charge in [0.15, 0.2) is 5.65 Å². The molecule has 0 spiro atoms. The zero-order chi connectivity index (χ0) is 12.1. The lowest BCUT2D eigenvalue weighted by Gasteiger charge is -2.02. The molecule has 0 unspecified atom stereocenters. The summed E-state index contributed by atoms with van der Waals surface area (Å²) in [6, 6.07) is 0. The number of aromatic nitrogens is 4. The van der Waals surface area contributed by atoms with Crippen molar-refractivity contribution in [2.45, 2.75) is 19.9 Å². The molecule has 17 heavy (non-hydrogen) atoms. The SMILES string of the molecule is CCCn1cc2cnc(NCCNC)nc2n1. The van der Waals surface area contributed by atoms with Crippen LogP contribution in [0, 0.1) is 0 Å². The number of fused-ring (bicyclic) bond motifs is 1. The maximum Gasteiger partial charge on any atom is 0.224 e. The van der Waals surface area contributed by atoms with Crippen LogP contribution in [0.1, 0.15) is 13.3 Å². The molecule has 0 saturated carbocycles. The highest BCUT2D eigenvalue weighted by atomic mass is 15.3. The maximum atomic E-state index is 4.40. The Bertz CT molecular complexity index is 478. The normalized spacial score (nSPS) is 10.9. The molecule has 0 bridgehead atoms. The van der Waals surface area contributed by atoms with Crippen LogP contribution in [0.2, 0.25) is 0 Å². The van der Waals surface area contributed by atoms with Gasteiger partial charge in [-0.3, -0.25) is 4.68 Å². The third kappa shape index (κ3) is 2.91. The molecule has 0 aromatic carbocycles. The predicted molar refractivity (Wildman–Crippen MR) is 68.0 cm³/mol. The van der Waals surface area contributed by atoms with E-state index in [1.165, 1.54) is 0 Å². The molecular formula is C11H18N6. The summed E-state index contributed by atoms with van der Waals surface area (Å²) in [5.41, 5.74) is 0.750. The first kappa shape index (κ1) is 11.8. The van der Waals surface area contributed by atoms with E-state index >= 15 is 0 Å².